The van der Waals surface area contributed by atoms with Crippen LogP contribution in [0.25, 0.3) is 0 Å². The highest BCUT2D eigenvalue weighted by Crippen LogP contribution is 2.25. The summed E-state index contributed by atoms with van der Waals surface area (Å²) < 4.78 is 0. The predicted molar refractivity (Wildman–Crippen MR) is 88.3 cm³/mol. The van der Waals surface area contributed by atoms with Gasteiger partial charge in [0.2, 0.25) is 0 Å². The summed E-state index contributed by atoms with van der Waals surface area (Å²) in [5.41, 5.74) is 1.15. The molecule has 0 aliphatic heterocycles. The van der Waals surface area contributed by atoms with E-state index in [-0.39, 0.29) is 10.6 Å². The third-order valence-electron chi connectivity index (χ3n) is 3.08. The molecule has 0 aliphatic rings. The monoisotopic (exact) mass is 281 g/mol. The van der Waals surface area contributed by atoms with Crippen molar-refractivity contribution in [1.82, 2.24) is 0 Å². The molecular formula is C17H31NO2. The molecular weight excluding hydrogens is 250 g/mol. The Morgan fingerprint density at radius 1 is 1.25 bits per heavy atom. The highest BCUT2D eigenvalue weighted by molar-refractivity contribution is 5.27. The van der Waals surface area contributed by atoms with E-state index in [2.05, 4.69) is 20.4 Å². The highest BCUT2D eigenvalue weighted by Gasteiger charge is 2.14. The molecule has 0 aliphatic carbocycles. The molecule has 1 atom stereocenters. The van der Waals surface area contributed by atoms with Crippen LogP contribution >= 0.6 is 0 Å². The Balaban J connectivity index is 0. The van der Waals surface area contributed by atoms with E-state index in [1.807, 2.05) is 26.8 Å². The van der Waals surface area contributed by atoms with E-state index in [4.69, 9.17) is 0 Å². The van der Waals surface area contributed by atoms with E-state index in [1.165, 1.54) is 6.08 Å². The summed E-state index contributed by atoms with van der Waals surface area (Å²) in [4.78, 5) is 10.4. The van der Waals surface area contributed by atoms with Gasteiger partial charge in [0.15, 0.2) is 0 Å². The van der Waals surface area contributed by atoms with E-state index >= 15 is 0 Å². The second-order valence-electron chi connectivity index (χ2n) is 4.45. The van der Waals surface area contributed by atoms with Crippen molar-refractivity contribution >= 4 is 0 Å². The molecule has 0 aromatic heterocycles. The number of hydrogen-bond donors (Lipinski definition) is 0. The van der Waals surface area contributed by atoms with Crippen LogP contribution in [0.2, 0.25) is 0 Å². The van der Waals surface area contributed by atoms with Crippen molar-refractivity contribution in [2.45, 2.75) is 66.7 Å². The van der Waals surface area contributed by atoms with Gasteiger partial charge in [-0.05, 0) is 31.3 Å². The number of hydrogen-bond acceptors (Lipinski definition) is 2. The van der Waals surface area contributed by atoms with Crippen LogP contribution in [0.1, 0.15) is 66.7 Å². The zero-order valence-corrected chi connectivity index (χ0v) is 13.8. The van der Waals surface area contributed by atoms with E-state index in [0.717, 1.165) is 37.7 Å². The second kappa shape index (κ2) is 14.0. The maximum Gasteiger partial charge on any atom is 0.269 e. The van der Waals surface area contributed by atoms with Crippen LogP contribution in [0.3, 0.4) is 0 Å². The maximum absolute atomic E-state index is 10.8. The molecule has 116 valence electrons. The minimum Gasteiger partial charge on any atom is -0.258 e. The molecule has 0 aromatic carbocycles. The zero-order chi connectivity index (χ0) is 16.0. The molecule has 0 bridgehead atoms. The Morgan fingerprint density at radius 3 is 2.20 bits per heavy atom. The Bertz CT molecular complexity index is 330. The highest BCUT2D eigenvalue weighted by atomic mass is 16.6. The van der Waals surface area contributed by atoms with Crippen molar-refractivity contribution in [3.05, 3.63) is 46.2 Å². The summed E-state index contributed by atoms with van der Waals surface area (Å²) in [7, 11) is 0. The van der Waals surface area contributed by atoms with E-state index in [1.54, 1.807) is 6.08 Å². The third-order valence-corrected chi connectivity index (χ3v) is 3.08. The minimum atomic E-state index is -0.376. The molecule has 0 saturated carbocycles. The van der Waals surface area contributed by atoms with Gasteiger partial charge in [-0.1, -0.05) is 59.6 Å². The fraction of sp³-hybridized carbons (Fsp3) is 0.647. The number of allylic oxidation sites excluding steroid dienone is 4. The van der Waals surface area contributed by atoms with Crippen molar-refractivity contribution in [2.75, 3.05) is 0 Å². The maximum atomic E-state index is 10.8. The molecule has 1 unspecified atom stereocenters. The molecule has 0 heterocycles. The van der Waals surface area contributed by atoms with Gasteiger partial charge in [-0.3, -0.25) is 10.1 Å². The molecule has 0 saturated heterocycles. The average Bonchev–Trinajstić information content (AvgIpc) is 2.47. The molecule has 0 aromatic rings. The summed E-state index contributed by atoms with van der Waals surface area (Å²) in [5, 5.41) is 10.8. The lowest BCUT2D eigenvalue weighted by molar-refractivity contribution is -0.419. The molecule has 0 N–H and O–H groups in total. The number of nitrogens with zero attached hydrogens (tertiary/aromatic N) is 1. The van der Waals surface area contributed by atoms with E-state index in [9.17, 15) is 10.1 Å². The fourth-order valence-corrected chi connectivity index (χ4v) is 2.07. The van der Waals surface area contributed by atoms with Gasteiger partial charge in [-0.2, -0.15) is 0 Å². The van der Waals surface area contributed by atoms with Crippen LogP contribution in [0.4, 0.5) is 0 Å². The Labute approximate surface area is 124 Å². The summed E-state index contributed by atoms with van der Waals surface area (Å²) >= 11 is 0. The molecule has 0 fully saturated rings. The Hall–Kier alpha value is -1.38. The van der Waals surface area contributed by atoms with Gasteiger partial charge >= 0.3 is 0 Å². The minimum absolute atomic E-state index is 0.0840. The van der Waals surface area contributed by atoms with Crippen molar-refractivity contribution < 1.29 is 4.92 Å². The molecule has 0 spiro atoms. The largest absolute Gasteiger partial charge is 0.269 e. The van der Waals surface area contributed by atoms with Gasteiger partial charge in [0.1, 0.15) is 0 Å². The van der Waals surface area contributed by atoms with Crippen molar-refractivity contribution in [1.29, 1.82) is 0 Å². The summed E-state index contributed by atoms with van der Waals surface area (Å²) in [6.07, 6.45) is 10.6. The van der Waals surface area contributed by atoms with Gasteiger partial charge in [0.05, 0.1) is 4.92 Å². The van der Waals surface area contributed by atoms with Gasteiger partial charge < -0.3 is 0 Å². The third kappa shape index (κ3) is 8.68. The quantitative estimate of drug-likeness (QED) is 0.299. The van der Waals surface area contributed by atoms with Crippen LogP contribution in [0, 0.1) is 16.0 Å². The fourth-order valence-electron chi connectivity index (χ4n) is 2.07. The van der Waals surface area contributed by atoms with Crippen LogP contribution in [0.5, 0.6) is 0 Å². The lowest BCUT2D eigenvalue weighted by Gasteiger charge is -2.17. The molecule has 0 rings (SSSR count). The van der Waals surface area contributed by atoms with Crippen LogP contribution in [0.15, 0.2) is 36.1 Å². The number of unbranched alkanes of at least 4 members (excludes halogenated alkanes) is 1. The normalized spacial score (nSPS) is 13.2. The second-order valence-corrected chi connectivity index (χ2v) is 4.45. The van der Waals surface area contributed by atoms with Gasteiger partial charge in [0, 0.05) is 12.2 Å². The lowest BCUT2D eigenvalue weighted by atomic mass is 9.88. The van der Waals surface area contributed by atoms with Crippen molar-refractivity contribution in [3.63, 3.8) is 0 Å². The van der Waals surface area contributed by atoms with Crippen LogP contribution in [-0.2, 0) is 0 Å². The lowest BCUT2D eigenvalue weighted by Crippen LogP contribution is -2.05. The Kier molecular flexibility index (Phi) is 14.7. The van der Waals surface area contributed by atoms with Gasteiger partial charge in [-0.25, -0.2) is 0 Å². The van der Waals surface area contributed by atoms with Gasteiger partial charge in [-0.15, -0.1) is 0 Å². The molecule has 3 heteroatoms. The van der Waals surface area contributed by atoms with Crippen LogP contribution in [-0.4, -0.2) is 4.92 Å². The first-order valence-corrected chi connectivity index (χ1v) is 7.75. The number of rotatable bonds is 9. The van der Waals surface area contributed by atoms with E-state index in [0.29, 0.717) is 5.92 Å². The van der Waals surface area contributed by atoms with Crippen LogP contribution < -0.4 is 0 Å². The topological polar surface area (TPSA) is 43.1 Å². The Morgan fingerprint density at radius 2 is 1.85 bits per heavy atom. The first-order chi connectivity index (χ1) is 9.60. The number of nitro groups is 1. The van der Waals surface area contributed by atoms with Crippen molar-refractivity contribution in [2.24, 2.45) is 5.92 Å². The average molecular weight is 281 g/mol. The predicted octanol–water partition coefficient (Wildman–Crippen LogP) is 5.91. The molecule has 0 amide bonds. The first kappa shape index (κ1) is 20.9. The van der Waals surface area contributed by atoms with E-state index < -0.39 is 0 Å². The van der Waals surface area contributed by atoms with Gasteiger partial charge in [0.25, 0.3) is 5.70 Å². The SMILES string of the molecule is C=C/C(=C\C(=C/C)C(CCC)CCCC)[N+](=O)[O-].CC. The van der Waals surface area contributed by atoms with Crippen molar-refractivity contribution in [3.8, 4) is 0 Å². The molecule has 20 heavy (non-hydrogen) atoms. The zero-order valence-electron chi connectivity index (χ0n) is 13.8. The first-order valence-electron chi connectivity index (χ1n) is 7.75. The summed E-state index contributed by atoms with van der Waals surface area (Å²) in [5.74, 6) is 0.426. The summed E-state index contributed by atoms with van der Waals surface area (Å²) in [6, 6.07) is 0. The smallest absolute Gasteiger partial charge is 0.258 e. The molecule has 0 radical (unpaired) electrons. The summed E-state index contributed by atoms with van der Waals surface area (Å²) in [6.45, 7) is 13.8. The standard InChI is InChI=1S/C15H25NO2.C2H6/c1-5-9-11-14(10-6-2)13(7-3)12-15(8-4)16(17)18;1-2/h7-8,12,14H,4-6,9-11H2,1-3H3;1-2H3/b13-7+,15-12+;. The molecule has 3 nitrogen and oxygen atoms in total.